The van der Waals surface area contributed by atoms with Crippen molar-refractivity contribution in [1.82, 2.24) is 9.55 Å². The summed E-state index contributed by atoms with van der Waals surface area (Å²) < 4.78 is 7.22. The summed E-state index contributed by atoms with van der Waals surface area (Å²) >= 11 is 0. The summed E-state index contributed by atoms with van der Waals surface area (Å²) in [6, 6.07) is 0.309. The fourth-order valence-electron chi connectivity index (χ4n) is 1.60. The van der Waals surface area contributed by atoms with E-state index in [1.165, 1.54) is 0 Å². The minimum atomic E-state index is 0.0341. The molecule has 0 bridgehead atoms. The fraction of sp³-hybridized carbons (Fsp3) is 0.727. The van der Waals surface area contributed by atoms with Crippen LogP contribution < -0.4 is 5.73 Å². The van der Waals surface area contributed by atoms with Crippen LogP contribution >= 0.6 is 0 Å². The average Bonchev–Trinajstić information content (AvgIpc) is 2.65. The van der Waals surface area contributed by atoms with Crippen LogP contribution in [-0.4, -0.2) is 23.3 Å². The van der Waals surface area contributed by atoms with Crippen LogP contribution in [0.25, 0.3) is 0 Å². The summed E-state index contributed by atoms with van der Waals surface area (Å²) in [5.74, 6) is 0.412. The third-order valence-corrected chi connectivity index (χ3v) is 2.64. The molecule has 1 rings (SSSR count). The van der Waals surface area contributed by atoms with Crippen molar-refractivity contribution in [3.63, 3.8) is 0 Å². The summed E-state index contributed by atoms with van der Waals surface area (Å²) in [5.41, 5.74) is 7.19. The predicted molar refractivity (Wildman–Crippen MR) is 60.6 cm³/mol. The van der Waals surface area contributed by atoms with E-state index >= 15 is 0 Å². The highest BCUT2D eigenvalue weighted by atomic mass is 16.5. The van der Waals surface area contributed by atoms with Crippen molar-refractivity contribution in [3.8, 4) is 0 Å². The molecule has 1 aromatic rings. The molecule has 2 atom stereocenters. The lowest BCUT2D eigenvalue weighted by Crippen LogP contribution is -2.23. The van der Waals surface area contributed by atoms with Gasteiger partial charge in [-0.3, -0.25) is 0 Å². The van der Waals surface area contributed by atoms with E-state index in [1.807, 2.05) is 12.5 Å². The van der Waals surface area contributed by atoms with Crippen molar-refractivity contribution >= 4 is 0 Å². The van der Waals surface area contributed by atoms with E-state index in [1.54, 1.807) is 7.11 Å². The van der Waals surface area contributed by atoms with Crippen molar-refractivity contribution in [2.24, 2.45) is 11.7 Å². The van der Waals surface area contributed by atoms with Crippen molar-refractivity contribution < 1.29 is 4.74 Å². The molecule has 2 unspecified atom stereocenters. The van der Waals surface area contributed by atoms with Gasteiger partial charge >= 0.3 is 0 Å². The quantitative estimate of drug-likeness (QED) is 0.807. The van der Waals surface area contributed by atoms with Crippen LogP contribution in [0.4, 0.5) is 0 Å². The third-order valence-electron chi connectivity index (χ3n) is 2.64. The Morgan fingerprint density at radius 1 is 1.47 bits per heavy atom. The van der Waals surface area contributed by atoms with Gasteiger partial charge in [-0.05, 0) is 12.8 Å². The summed E-state index contributed by atoms with van der Waals surface area (Å²) in [6.45, 7) is 7.00. The standard InChI is InChI=1S/C11H21N3O/c1-8(2)11(12)10-5-13-7-14(10)9(3)6-15-4/h5,7-9,11H,6,12H2,1-4H3. The second-order valence-electron chi connectivity index (χ2n) is 4.30. The minimum Gasteiger partial charge on any atom is -0.383 e. The SMILES string of the molecule is COCC(C)n1cncc1C(N)C(C)C. The topological polar surface area (TPSA) is 53.1 Å². The smallest absolute Gasteiger partial charge is 0.0952 e. The molecule has 4 nitrogen and oxygen atoms in total. The van der Waals surface area contributed by atoms with Crippen LogP contribution in [0.3, 0.4) is 0 Å². The lowest BCUT2D eigenvalue weighted by atomic mass is 10.0. The molecule has 0 aliphatic heterocycles. The van der Waals surface area contributed by atoms with E-state index in [4.69, 9.17) is 10.5 Å². The Morgan fingerprint density at radius 2 is 2.13 bits per heavy atom. The zero-order valence-electron chi connectivity index (χ0n) is 9.97. The van der Waals surface area contributed by atoms with Crippen LogP contribution in [0, 0.1) is 5.92 Å². The molecule has 1 heterocycles. The maximum absolute atomic E-state index is 6.12. The monoisotopic (exact) mass is 211 g/mol. The first-order chi connectivity index (χ1) is 7.07. The Balaban J connectivity index is 2.85. The van der Waals surface area contributed by atoms with Gasteiger partial charge in [-0.25, -0.2) is 4.98 Å². The number of rotatable bonds is 5. The molecule has 4 heteroatoms. The fourth-order valence-corrected chi connectivity index (χ4v) is 1.60. The largest absolute Gasteiger partial charge is 0.383 e. The van der Waals surface area contributed by atoms with Gasteiger partial charge in [0, 0.05) is 19.3 Å². The third kappa shape index (κ3) is 2.79. The molecule has 0 fully saturated rings. The number of aromatic nitrogens is 2. The van der Waals surface area contributed by atoms with Crippen LogP contribution in [0.15, 0.2) is 12.5 Å². The van der Waals surface area contributed by atoms with Gasteiger partial charge in [-0.1, -0.05) is 13.8 Å². The van der Waals surface area contributed by atoms with E-state index in [0.717, 1.165) is 5.69 Å². The van der Waals surface area contributed by atoms with Gasteiger partial charge in [-0.2, -0.15) is 0 Å². The number of nitrogens with zero attached hydrogens (tertiary/aromatic N) is 2. The molecule has 0 saturated carbocycles. The maximum Gasteiger partial charge on any atom is 0.0952 e. The van der Waals surface area contributed by atoms with Crippen molar-refractivity contribution in [3.05, 3.63) is 18.2 Å². The summed E-state index contributed by atoms with van der Waals surface area (Å²) in [5, 5.41) is 0. The minimum absolute atomic E-state index is 0.0341. The van der Waals surface area contributed by atoms with E-state index in [0.29, 0.717) is 12.5 Å². The Hall–Kier alpha value is -0.870. The van der Waals surface area contributed by atoms with Crippen LogP contribution in [0.1, 0.15) is 38.5 Å². The number of nitrogens with two attached hydrogens (primary N) is 1. The van der Waals surface area contributed by atoms with Gasteiger partial charge in [0.2, 0.25) is 0 Å². The Kier molecular flexibility index (Phi) is 4.29. The molecule has 2 N–H and O–H groups in total. The van der Waals surface area contributed by atoms with Gasteiger partial charge in [0.25, 0.3) is 0 Å². The van der Waals surface area contributed by atoms with Gasteiger partial charge in [0.15, 0.2) is 0 Å². The Labute approximate surface area is 91.4 Å². The molecule has 0 saturated heterocycles. The number of ether oxygens (including phenoxy) is 1. The first-order valence-corrected chi connectivity index (χ1v) is 5.34. The summed E-state index contributed by atoms with van der Waals surface area (Å²) in [4.78, 5) is 4.16. The van der Waals surface area contributed by atoms with Crippen molar-refractivity contribution in [2.45, 2.75) is 32.9 Å². The van der Waals surface area contributed by atoms with Crippen LogP contribution in [0.2, 0.25) is 0 Å². The molecule has 0 aromatic carbocycles. The number of methoxy groups -OCH3 is 1. The molecule has 1 aromatic heterocycles. The molecule has 0 aliphatic rings. The number of hydrogen-bond donors (Lipinski definition) is 1. The Morgan fingerprint density at radius 3 is 2.67 bits per heavy atom. The lowest BCUT2D eigenvalue weighted by Gasteiger charge is -2.21. The van der Waals surface area contributed by atoms with E-state index < -0.39 is 0 Å². The number of imidazole rings is 1. The van der Waals surface area contributed by atoms with Crippen molar-refractivity contribution in [2.75, 3.05) is 13.7 Å². The molecule has 0 radical (unpaired) electrons. The van der Waals surface area contributed by atoms with Gasteiger partial charge in [0.05, 0.1) is 24.7 Å². The predicted octanol–water partition coefficient (Wildman–Crippen LogP) is 1.75. The molecule has 0 spiro atoms. The lowest BCUT2D eigenvalue weighted by molar-refractivity contribution is 0.160. The van der Waals surface area contributed by atoms with Gasteiger partial charge < -0.3 is 15.0 Å². The molecular weight excluding hydrogens is 190 g/mol. The van der Waals surface area contributed by atoms with Gasteiger partial charge in [0.1, 0.15) is 0 Å². The highest BCUT2D eigenvalue weighted by Gasteiger charge is 2.17. The average molecular weight is 211 g/mol. The zero-order valence-corrected chi connectivity index (χ0v) is 9.97. The molecular formula is C11H21N3O. The van der Waals surface area contributed by atoms with E-state index in [2.05, 4.69) is 30.3 Å². The molecule has 0 aliphatic carbocycles. The van der Waals surface area contributed by atoms with Crippen LogP contribution in [0.5, 0.6) is 0 Å². The van der Waals surface area contributed by atoms with Crippen molar-refractivity contribution in [1.29, 1.82) is 0 Å². The number of hydrogen-bond acceptors (Lipinski definition) is 3. The summed E-state index contributed by atoms with van der Waals surface area (Å²) in [7, 11) is 1.70. The molecule has 0 amide bonds. The normalized spacial score (nSPS) is 15.6. The van der Waals surface area contributed by atoms with Crippen LogP contribution in [-0.2, 0) is 4.74 Å². The maximum atomic E-state index is 6.12. The Bertz CT molecular complexity index is 296. The summed E-state index contributed by atoms with van der Waals surface area (Å²) in [6.07, 6.45) is 3.66. The first-order valence-electron chi connectivity index (χ1n) is 5.34. The second kappa shape index (κ2) is 5.28. The first kappa shape index (κ1) is 12.2. The zero-order chi connectivity index (χ0) is 11.4. The van der Waals surface area contributed by atoms with E-state index in [-0.39, 0.29) is 12.1 Å². The second-order valence-corrected chi connectivity index (χ2v) is 4.30. The molecule has 86 valence electrons. The molecule has 15 heavy (non-hydrogen) atoms. The van der Waals surface area contributed by atoms with Gasteiger partial charge in [-0.15, -0.1) is 0 Å². The van der Waals surface area contributed by atoms with E-state index in [9.17, 15) is 0 Å². The highest BCUT2D eigenvalue weighted by Crippen LogP contribution is 2.21. The highest BCUT2D eigenvalue weighted by molar-refractivity contribution is 5.06.